The van der Waals surface area contributed by atoms with Gasteiger partial charge in [-0.2, -0.15) is 0 Å². The second-order valence-electron chi connectivity index (χ2n) is 4.55. The van der Waals surface area contributed by atoms with Crippen LogP contribution in [0.15, 0.2) is 24.3 Å². The van der Waals surface area contributed by atoms with E-state index in [2.05, 4.69) is 11.4 Å². The van der Waals surface area contributed by atoms with Crippen molar-refractivity contribution in [3.63, 3.8) is 0 Å². The number of benzene rings is 1. The molecule has 0 bridgehead atoms. The van der Waals surface area contributed by atoms with Gasteiger partial charge in [0.1, 0.15) is 0 Å². The molecule has 1 saturated heterocycles. The van der Waals surface area contributed by atoms with E-state index in [0.717, 1.165) is 24.5 Å². The quantitative estimate of drug-likeness (QED) is 0.848. The summed E-state index contributed by atoms with van der Waals surface area (Å²) in [5, 5.41) is 4.20. The monoisotopic (exact) mass is 238 g/mol. The van der Waals surface area contributed by atoms with E-state index < -0.39 is 0 Å². The molecule has 0 amide bonds. The predicted octanol–water partition coefficient (Wildman–Crippen LogP) is 2.21. The maximum Gasteiger partial charge on any atom is 0.0438 e. The number of rotatable bonds is 3. The fourth-order valence-electron chi connectivity index (χ4n) is 2.36. The van der Waals surface area contributed by atoms with Crippen molar-refractivity contribution in [2.24, 2.45) is 11.7 Å². The molecular weight excluding hydrogens is 220 g/mol. The fraction of sp³-hybridized carbons (Fsp3) is 0.538. The fourth-order valence-corrected chi connectivity index (χ4v) is 2.57. The maximum atomic E-state index is 6.26. The molecule has 1 fully saturated rings. The predicted molar refractivity (Wildman–Crippen MR) is 68.7 cm³/mol. The standard InChI is InChI=1S/C13H19ClN2/c14-12-4-2-1-3-11(12)9-13(15)10-5-7-16-8-6-10/h1-4,10,13,16H,5-9,15H2. The van der Waals surface area contributed by atoms with E-state index in [1.165, 1.54) is 18.4 Å². The van der Waals surface area contributed by atoms with Crippen LogP contribution in [0.25, 0.3) is 0 Å². The second-order valence-corrected chi connectivity index (χ2v) is 4.95. The average molecular weight is 239 g/mol. The van der Waals surface area contributed by atoms with Gasteiger partial charge in [-0.1, -0.05) is 29.8 Å². The van der Waals surface area contributed by atoms with Crippen LogP contribution in [0.2, 0.25) is 5.02 Å². The molecule has 1 unspecified atom stereocenters. The third-order valence-electron chi connectivity index (χ3n) is 3.40. The normalized spacial score (nSPS) is 19.6. The lowest BCUT2D eigenvalue weighted by Gasteiger charge is -2.28. The van der Waals surface area contributed by atoms with Crippen molar-refractivity contribution < 1.29 is 0 Å². The van der Waals surface area contributed by atoms with Crippen LogP contribution >= 0.6 is 11.6 Å². The Bertz CT molecular complexity index is 334. The van der Waals surface area contributed by atoms with Gasteiger partial charge in [-0.3, -0.25) is 0 Å². The number of hydrogen-bond acceptors (Lipinski definition) is 2. The van der Waals surface area contributed by atoms with Crippen molar-refractivity contribution in [1.82, 2.24) is 5.32 Å². The molecule has 2 rings (SSSR count). The van der Waals surface area contributed by atoms with Gasteiger partial charge in [0.05, 0.1) is 0 Å². The summed E-state index contributed by atoms with van der Waals surface area (Å²) in [6, 6.07) is 8.23. The highest BCUT2D eigenvalue weighted by molar-refractivity contribution is 6.31. The summed E-state index contributed by atoms with van der Waals surface area (Å²) in [4.78, 5) is 0. The van der Waals surface area contributed by atoms with Crippen molar-refractivity contribution in [2.75, 3.05) is 13.1 Å². The highest BCUT2D eigenvalue weighted by Gasteiger charge is 2.20. The Morgan fingerprint density at radius 3 is 2.69 bits per heavy atom. The molecule has 3 heteroatoms. The maximum absolute atomic E-state index is 6.26. The van der Waals surface area contributed by atoms with Crippen LogP contribution in [0.4, 0.5) is 0 Å². The van der Waals surface area contributed by atoms with Crippen LogP contribution in [0.5, 0.6) is 0 Å². The first-order valence-corrected chi connectivity index (χ1v) is 6.35. The van der Waals surface area contributed by atoms with E-state index in [9.17, 15) is 0 Å². The zero-order valence-electron chi connectivity index (χ0n) is 9.45. The molecule has 2 nitrogen and oxygen atoms in total. The van der Waals surface area contributed by atoms with Crippen molar-refractivity contribution >= 4 is 11.6 Å². The number of nitrogens with two attached hydrogens (primary N) is 1. The summed E-state index contributed by atoms with van der Waals surface area (Å²) in [6.07, 6.45) is 3.27. The smallest absolute Gasteiger partial charge is 0.0438 e. The minimum atomic E-state index is 0.238. The first-order valence-electron chi connectivity index (χ1n) is 5.97. The summed E-state index contributed by atoms with van der Waals surface area (Å²) in [7, 11) is 0. The molecule has 1 atom stereocenters. The molecule has 1 aromatic carbocycles. The minimum absolute atomic E-state index is 0.238. The lowest BCUT2D eigenvalue weighted by molar-refractivity contribution is 0.316. The third kappa shape index (κ3) is 2.97. The van der Waals surface area contributed by atoms with E-state index in [1.54, 1.807) is 0 Å². The van der Waals surface area contributed by atoms with Gasteiger partial charge in [0.25, 0.3) is 0 Å². The number of hydrogen-bond donors (Lipinski definition) is 2. The van der Waals surface area contributed by atoms with E-state index in [-0.39, 0.29) is 6.04 Å². The molecule has 0 radical (unpaired) electrons. The van der Waals surface area contributed by atoms with Gasteiger partial charge in [-0.05, 0) is 49.9 Å². The summed E-state index contributed by atoms with van der Waals surface area (Å²) in [6.45, 7) is 2.20. The van der Waals surface area contributed by atoms with Gasteiger partial charge >= 0.3 is 0 Å². The summed E-state index contributed by atoms with van der Waals surface area (Å²) < 4.78 is 0. The average Bonchev–Trinajstić information content (AvgIpc) is 2.33. The largest absolute Gasteiger partial charge is 0.327 e. The molecule has 1 aliphatic rings. The molecule has 0 aliphatic carbocycles. The first kappa shape index (κ1) is 11.9. The van der Waals surface area contributed by atoms with Gasteiger partial charge in [0.15, 0.2) is 0 Å². The number of piperidine rings is 1. The topological polar surface area (TPSA) is 38.0 Å². The second kappa shape index (κ2) is 5.67. The molecule has 1 aromatic rings. The zero-order valence-corrected chi connectivity index (χ0v) is 10.2. The molecule has 1 heterocycles. The van der Waals surface area contributed by atoms with Crippen molar-refractivity contribution in [2.45, 2.75) is 25.3 Å². The Kier molecular flexibility index (Phi) is 4.22. The first-order chi connectivity index (χ1) is 7.77. The molecule has 16 heavy (non-hydrogen) atoms. The molecule has 0 aromatic heterocycles. The van der Waals surface area contributed by atoms with Gasteiger partial charge in [0, 0.05) is 11.1 Å². The summed E-state index contributed by atoms with van der Waals surface area (Å²) in [5.41, 5.74) is 7.44. The number of nitrogens with one attached hydrogen (secondary N) is 1. The Morgan fingerprint density at radius 2 is 2.00 bits per heavy atom. The Balaban J connectivity index is 1.96. The Hall–Kier alpha value is -0.570. The highest BCUT2D eigenvalue weighted by atomic mass is 35.5. The zero-order chi connectivity index (χ0) is 11.4. The molecule has 0 spiro atoms. The van der Waals surface area contributed by atoms with Crippen molar-refractivity contribution in [3.05, 3.63) is 34.9 Å². The van der Waals surface area contributed by atoms with Crippen molar-refractivity contribution in [3.8, 4) is 0 Å². The summed E-state index contributed by atoms with van der Waals surface area (Å²) >= 11 is 6.14. The van der Waals surface area contributed by atoms with E-state index >= 15 is 0 Å². The number of halogens is 1. The molecule has 88 valence electrons. The molecule has 1 aliphatic heterocycles. The van der Waals surface area contributed by atoms with Gasteiger partial charge in [-0.15, -0.1) is 0 Å². The Morgan fingerprint density at radius 1 is 1.31 bits per heavy atom. The van der Waals surface area contributed by atoms with Crippen LogP contribution in [0.3, 0.4) is 0 Å². The van der Waals surface area contributed by atoms with E-state index in [1.807, 2.05) is 18.2 Å². The Labute approximate surface area is 102 Å². The highest BCUT2D eigenvalue weighted by Crippen LogP contribution is 2.22. The molecule has 0 saturated carbocycles. The third-order valence-corrected chi connectivity index (χ3v) is 3.77. The lowest BCUT2D eigenvalue weighted by Crippen LogP contribution is -2.39. The van der Waals surface area contributed by atoms with Crippen LogP contribution in [0, 0.1) is 5.92 Å². The van der Waals surface area contributed by atoms with Crippen LogP contribution < -0.4 is 11.1 Å². The van der Waals surface area contributed by atoms with E-state index in [0.29, 0.717) is 5.92 Å². The van der Waals surface area contributed by atoms with Gasteiger partial charge in [-0.25, -0.2) is 0 Å². The van der Waals surface area contributed by atoms with Crippen LogP contribution in [-0.2, 0) is 6.42 Å². The molecule has 3 N–H and O–H groups in total. The van der Waals surface area contributed by atoms with E-state index in [4.69, 9.17) is 17.3 Å². The molecular formula is C13H19ClN2. The van der Waals surface area contributed by atoms with Gasteiger partial charge in [0.2, 0.25) is 0 Å². The van der Waals surface area contributed by atoms with Crippen LogP contribution in [0.1, 0.15) is 18.4 Å². The SMILES string of the molecule is NC(Cc1ccccc1Cl)C1CCNCC1. The van der Waals surface area contributed by atoms with Gasteiger partial charge < -0.3 is 11.1 Å². The van der Waals surface area contributed by atoms with Crippen molar-refractivity contribution in [1.29, 1.82) is 0 Å². The van der Waals surface area contributed by atoms with Crippen LogP contribution in [-0.4, -0.2) is 19.1 Å². The lowest BCUT2D eigenvalue weighted by atomic mass is 9.87. The summed E-state index contributed by atoms with van der Waals surface area (Å²) in [5.74, 6) is 0.637. The minimum Gasteiger partial charge on any atom is -0.327 e.